The van der Waals surface area contributed by atoms with E-state index in [1.165, 1.54) is 0 Å². The van der Waals surface area contributed by atoms with Gasteiger partial charge in [-0.2, -0.15) is 0 Å². The molecule has 3 nitrogen and oxygen atoms in total. The second kappa shape index (κ2) is 4.05. The zero-order valence-electron chi connectivity index (χ0n) is 7.53. The Hall–Kier alpha value is -1.35. The zero-order chi connectivity index (χ0) is 9.84. The average Bonchev–Trinajstić information content (AvgIpc) is 2.17. The molecule has 0 amide bonds. The molecule has 1 aromatic carbocycles. The van der Waals surface area contributed by atoms with Crippen LogP contribution in [0.4, 0.5) is 0 Å². The molecule has 3 heteroatoms. The van der Waals surface area contributed by atoms with Gasteiger partial charge in [0.05, 0.1) is 5.56 Å². The third-order valence-corrected chi connectivity index (χ3v) is 2.03. The van der Waals surface area contributed by atoms with Crippen molar-refractivity contribution in [3.05, 3.63) is 35.4 Å². The Morgan fingerprint density at radius 1 is 1.46 bits per heavy atom. The van der Waals surface area contributed by atoms with Gasteiger partial charge in [-0.3, -0.25) is 0 Å². The van der Waals surface area contributed by atoms with E-state index in [1.807, 2.05) is 6.92 Å². The van der Waals surface area contributed by atoms with Gasteiger partial charge in [0.25, 0.3) is 0 Å². The van der Waals surface area contributed by atoms with Crippen molar-refractivity contribution in [1.82, 2.24) is 0 Å². The summed E-state index contributed by atoms with van der Waals surface area (Å²) in [6.07, 6.45) is 0.854. The average molecular weight is 179 g/mol. The van der Waals surface area contributed by atoms with Gasteiger partial charge in [-0.15, -0.1) is 0 Å². The minimum atomic E-state index is -0.906. The Morgan fingerprint density at radius 3 is 2.38 bits per heavy atom. The van der Waals surface area contributed by atoms with Crippen LogP contribution in [0.5, 0.6) is 0 Å². The van der Waals surface area contributed by atoms with Gasteiger partial charge >= 0.3 is 5.97 Å². The van der Waals surface area contributed by atoms with E-state index in [1.54, 1.807) is 24.3 Å². The molecule has 0 fully saturated rings. The standard InChI is InChI=1S/C10H13NO2/c1-2-9(11)7-3-5-8(6-4-7)10(12)13/h3-6,9H,2,11H2,1H3,(H,12,13)/t9-/m0/s1. The molecule has 0 heterocycles. The monoisotopic (exact) mass is 179 g/mol. The van der Waals surface area contributed by atoms with E-state index < -0.39 is 5.97 Å². The van der Waals surface area contributed by atoms with Crippen LogP contribution in [-0.4, -0.2) is 11.1 Å². The molecule has 0 aliphatic rings. The Balaban J connectivity index is 2.87. The summed E-state index contributed by atoms with van der Waals surface area (Å²) in [4.78, 5) is 10.5. The summed E-state index contributed by atoms with van der Waals surface area (Å²) < 4.78 is 0. The number of carbonyl (C=O) groups is 1. The van der Waals surface area contributed by atoms with Gasteiger partial charge in [-0.25, -0.2) is 4.79 Å². The molecule has 0 spiro atoms. The fourth-order valence-electron chi connectivity index (χ4n) is 1.11. The maximum Gasteiger partial charge on any atom is 0.335 e. The van der Waals surface area contributed by atoms with Gasteiger partial charge < -0.3 is 10.8 Å². The van der Waals surface area contributed by atoms with Crippen LogP contribution in [0.1, 0.15) is 35.3 Å². The first-order valence-corrected chi connectivity index (χ1v) is 4.24. The van der Waals surface area contributed by atoms with E-state index in [9.17, 15) is 4.79 Å². The van der Waals surface area contributed by atoms with E-state index in [0.717, 1.165) is 12.0 Å². The quantitative estimate of drug-likeness (QED) is 0.743. The molecule has 1 aromatic rings. The van der Waals surface area contributed by atoms with Crippen LogP contribution in [0, 0.1) is 0 Å². The van der Waals surface area contributed by atoms with Crippen LogP contribution in [0.15, 0.2) is 24.3 Å². The number of carboxylic acid groups (broad SMARTS) is 1. The lowest BCUT2D eigenvalue weighted by Gasteiger charge is -2.08. The van der Waals surface area contributed by atoms with Crippen molar-refractivity contribution in [2.75, 3.05) is 0 Å². The first-order valence-electron chi connectivity index (χ1n) is 4.24. The number of benzene rings is 1. The molecular weight excluding hydrogens is 166 g/mol. The van der Waals surface area contributed by atoms with Crippen LogP contribution in [0.25, 0.3) is 0 Å². The Morgan fingerprint density at radius 2 is 2.00 bits per heavy atom. The maximum absolute atomic E-state index is 10.5. The molecule has 70 valence electrons. The zero-order valence-corrected chi connectivity index (χ0v) is 7.53. The van der Waals surface area contributed by atoms with Gasteiger partial charge in [-0.05, 0) is 24.1 Å². The topological polar surface area (TPSA) is 63.3 Å². The summed E-state index contributed by atoms with van der Waals surface area (Å²) in [5.74, 6) is -0.906. The molecule has 0 bridgehead atoms. The van der Waals surface area contributed by atoms with Gasteiger partial charge in [0.1, 0.15) is 0 Å². The molecule has 1 rings (SSSR count). The Labute approximate surface area is 77.2 Å². The first-order chi connectivity index (χ1) is 6.15. The molecular formula is C10H13NO2. The highest BCUT2D eigenvalue weighted by atomic mass is 16.4. The van der Waals surface area contributed by atoms with Gasteiger partial charge in [0.15, 0.2) is 0 Å². The molecule has 0 radical (unpaired) electrons. The molecule has 0 aromatic heterocycles. The van der Waals surface area contributed by atoms with Crippen LogP contribution >= 0.6 is 0 Å². The number of hydrogen-bond donors (Lipinski definition) is 2. The largest absolute Gasteiger partial charge is 0.478 e. The lowest BCUT2D eigenvalue weighted by molar-refractivity contribution is 0.0697. The van der Waals surface area contributed by atoms with Crippen molar-refractivity contribution in [3.8, 4) is 0 Å². The van der Waals surface area contributed by atoms with E-state index in [-0.39, 0.29) is 6.04 Å². The predicted molar refractivity (Wildman–Crippen MR) is 50.6 cm³/mol. The number of carboxylic acids is 1. The molecule has 0 saturated carbocycles. The highest BCUT2D eigenvalue weighted by molar-refractivity contribution is 5.87. The van der Waals surface area contributed by atoms with Crippen LogP contribution in [-0.2, 0) is 0 Å². The fourth-order valence-corrected chi connectivity index (χ4v) is 1.11. The first kappa shape index (κ1) is 9.74. The van der Waals surface area contributed by atoms with E-state index >= 15 is 0 Å². The summed E-state index contributed by atoms with van der Waals surface area (Å²) in [6, 6.07) is 6.68. The molecule has 1 atom stereocenters. The van der Waals surface area contributed by atoms with E-state index in [0.29, 0.717) is 5.56 Å². The van der Waals surface area contributed by atoms with Crippen LogP contribution in [0.3, 0.4) is 0 Å². The van der Waals surface area contributed by atoms with Gasteiger partial charge in [0.2, 0.25) is 0 Å². The molecule has 0 saturated heterocycles. The molecule has 0 aliphatic heterocycles. The van der Waals surface area contributed by atoms with Gasteiger partial charge in [0, 0.05) is 6.04 Å². The summed E-state index contributed by atoms with van der Waals surface area (Å²) in [6.45, 7) is 2.00. The highest BCUT2D eigenvalue weighted by Gasteiger charge is 2.05. The van der Waals surface area contributed by atoms with E-state index in [4.69, 9.17) is 10.8 Å². The van der Waals surface area contributed by atoms with Crippen molar-refractivity contribution in [3.63, 3.8) is 0 Å². The lowest BCUT2D eigenvalue weighted by atomic mass is 10.0. The van der Waals surface area contributed by atoms with Crippen molar-refractivity contribution in [2.24, 2.45) is 5.73 Å². The Kier molecular flexibility index (Phi) is 3.03. The third kappa shape index (κ3) is 2.29. The van der Waals surface area contributed by atoms with Crippen molar-refractivity contribution in [2.45, 2.75) is 19.4 Å². The summed E-state index contributed by atoms with van der Waals surface area (Å²) in [5, 5.41) is 8.64. The highest BCUT2D eigenvalue weighted by Crippen LogP contribution is 2.14. The van der Waals surface area contributed by atoms with Crippen molar-refractivity contribution < 1.29 is 9.90 Å². The molecule has 0 unspecified atom stereocenters. The summed E-state index contributed by atoms with van der Waals surface area (Å²) >= 11 is 0. The Bertz CT molecular complexity index is 292. The van der Waals surface area contributed by atoms with Crippen molar-refractivity contribution in [1.29, 1.82) is 0 Å². The predicted octanol–water partition coefficient (Wildman–Crippen LogP) is 1.79. The second-order valence-corrected chi connectivity index (χ2v) is 2.94. The van der Waals surface area contributed by atoms with Gasteiger partial charge in [-0.1, -0.05) is 19.1 Å². The lowest BCUT2D eigenvalue weighted by Crippen LogP contribution is -2.08. The van der Waals surface area contributed by atoms with Crippen LogP contribution < -0.4 is 5.73 Å². The smallest absolute Gasteiger partial charge is 0.335 e. The van der Waals surface area contributed by atoms with E-state index in [2.05, 4.69) is 0 Å². The molecule has 3 N–H and O–H groups in total. The van der Waals surface area contributed by atoms with Crippen LogP contribution in [0.2, 0.25) is 0 Å². The van der Waals surface area contributed by atoms with Crippen molar-refractivity contribution >= 4 is 5.97 Å². The number of nitrogens with two attached hydrogens (primary N) is 1. The minimum absolute atomic E-state index is 0.00263. The normalized spacial score (nSPS) is 12.5. The summed E-state index contributed by atoms with van der Waals surface area (Å²) in [7, 11) is 0. The molecule has 13 heavy (non-hydrogen) atoms. The fraction of sp³-hybridized carbons (Fsp3) is 0.300. The summed E-state index contributed by atoms with van der Waals surface area (Å²) in [5.41, 5.74) is 7.05. The minimum Gasteiger partial charge on any atom is -0.478 e. The third-order valence-electron chi connectivity index (χ3n) is 2.03. The number of hydrogen-bond acceptors (Lipinski definition) is 2. The number of rotatable bonds is 3. The number of aromatic carboxylic acids is 1. The SMILES string of the molecule is CC[C@H](N)c1ccc(C(=O)O)cc1. The maximum atomic E-state index is 10.5. The molecule has 0 aliphatic carbocycles. The second-order valence-electron chi connectivity index (χ2n) is 2.94.